The first-order valence-electron chi connectivity index (χ1n) is 24.4. The minimum atomic E-state index is -1.79. The maximum absolute atomic E-state index is 13.7. The molecule has 4 heterocycles. The summed E-state index contributed by atoms with van der Waals surface area (Å²) in [6.07, 6.45) is -19.3. The van der Waals surface area contributed by atoms with Crippen LogP contribution in [-0.2, 0) is 31.8 Å². The van der Waals surface area contributed by atoms with Crippen LogP contribution in [0.25, 0.3) is 0 Å². The van der Waals surface area contributed by atoms with Crippen LogP contribution in [0, 0.1) is 13.8 Å². The summed E-state index contributed by atoms with van der Waals surface area (Å²) in [6.45, 7) is 22.8. The Hall–Kier alpha value is -4.99. The molecule has 2 unspecified atom stereocenters. The van der Waals surface area contributed by atoms with Gasteiger partial charge in [-0.05, 0) is 117 Å². The van der Waals surface area contributed by atoms with Gasteiger partial charge in [0.25, 0.3) is 0 Å². The molecule has 0 spiro atoms. The van der Waals surface area contributed by atoms with Crippen molar-refractivity contribution in [1.29, 1.82) is 0 Å². The average molecular weight is 983 g/mol. The van der Waals surface area contributed by atoms with E-state index < -0.39 is 79.8 Å². The van der Waals surface area contributed by atoms with Crippen molar-refractivity contribution >= 4 is 6.16 Å². The van der Waals surface area contributed by atoms with Gasteiger partial charge in [0.1, 0.15) is 72.5 Å². The Balaban J connectivity index is 1.16. The van der Waals surface area contributed by atoms with E-state index in [1.807, 2.05) is 118 Å². The van der Waals surface area contributed by atoms with E-state index in [2.05, 4.69) is 0 Å². The van der Waals surface area contributed by atoms with E-state index in [0.717, 1.165) is 34.0 Å². The van der Waals surface area contributed by atoms with Gasteiger partial charge < -0.3 is 68.5 Å². The van der Waals surface area contributed by atoms with Gasteiger partial charge in [0.15, 0.2) is 0 Å². The summed E-state index contributed by atoms with van der Waals surface area (Å²) in [5.41, 5.74) is 4.88. The molecule has 19 heteroatoms. The first-order chi connectivity index (χ1) is 33.1. The summed E-state index contributed by atoms with van der Waals surface area (Å²) in [5, 5.41) is 76.5. The van der Waals surface area contributed by atoms with E-state index in [4.69, 9.17) is 48.1 Å². The van der Waals surface area contributed by atoms with Crippen LogP contribution in [0.5, 0.6) is 23.3 Å². The SMILES string of the molecule is CCC(OC(=O)OC(CC)[C@@H]1O[C@@H](Oc2nn(C(C)C)c(C)c2Cc2ccc(OC(C)C)cc2)[C@H](O)[C@@H](O)[C@@H]1O)[C@@H]1O[C@@H](Oc2nn(C(C)C)c(C)c2Cc2ccc(OC(C)C)cc2)[C@H](O)[C@@H](O)[C@@H]1O. The Morgan fingerprint density at radius 3 is 1.20 bits per heavy atom. The van der Waals surface area contributed by atoms with Gasteiger partial charge >= 0.3 is 6.16 Å². The molecule has 2 aromatic heterocycles. The second-order valence-corrected chi connectivity index (χ2v) is 19.3. The van der Waals surface area contributed by atoms with Crippen molar-refractivity contribution in [2.24, 2.45) is 0 Å². The molecule has 0 aliphatic carbocycles. The third-order valence-corrected chi connectivity index (χ3v) is 12.5. The zero-order chi connectivity index (χ0) is 51.3. The Bertz CT molecular complexity index is 2140. The second-order valence-electron chi connectivity index (χ2n) is 19.3. The molecule has 2 saturated heterocycles. The standard InChI is InChI=1S/C51H74N4O15/c1-13-37(45-41(58)39(56)43(60)49(67-45)69-47-35(29(11)54(52-47)25(3)4)23-31-15-19-33(20-16-31)63-27(7)8)65-51(62)66-38(14-2)46-42(59)40(57)44(61)50(68-46)70-48-36(30(12)55(53-48)26(5)6)24-32-17-21-34(22-18-32)64-28(9)10/h15-22,25-28,37-46,49-50,56-61H,13-14,23-24H2,1-12H3/t37?,38?,39-,40-,41-,42-,43+,44+,45-,46-,49-,50-/m0/s1. The molecule has 2 aliphatic rings. The van der Waals surface area contributed by atoms with Gasteiger partial charge in [-0.1, -0.05) is 38.1 Å². The van der Waals surface area contributed by atoms with E-state index in [1.165, 1.54) is 0 Å². The third-order valence-electron chi connectivity index (χ3n) is 12.5. The molecule has 12 atom stereocenters. The molecule has 2 aliphatic heterocycles. The minimum Gasteiger partial charge on any atom is -0.491 e. The number of aromatic nitrogens is 4. The Kier molecular flexibility index (Phi) is 18.2. The highest BCUT2D eigenvalue weighted by Gasteiger charge is 2.51. The van der Waals surface area contributed by atoms with E-state index in [-0.39, 0.29) is 48.9 Å². The van der Waals surface area contributed by atoms with Crippen molar-refractivity contribution in [3.05, 3.63) is 82.2 Å². The van der Waals surface area contributed by atoms with Crippen molar-refractivity contribution in [1.82, 2.24) is 19.6 Å². The molecular formula is C51H74N4O15. The summed E-state index contributed by atoms with van der Waals surface area (Å²) < 4.78 is 51.3. The van der Waals surface area contributed by atoms with Gasteiger partial charge in [-0.25, -0.2) is 4.79 Å². The summed E-state index contributed by atoms with van der Waals surface area (Å²) in [7, 11) is 0. The maximum atomic E-state index is 13.7. The predicted octanol–water partition coefficient (Wildman–Crippen LogP) is 5.40. The summed E-state index contributed by atoms with van der Waals surface area (Å²) in [6, 6.07) is 15.1. The van der Waals surface area contributed by atoms with Crippen molar-refractivity contribution in [3.63, 3.8) is 0 Å². The average Bonchev–Trinajstić information content (AvgIpc) is 3.79. The number of carbonyl (C=O) groups is 1. The van der Waals surface area contributed by atoms with Crippen LogP contribution in [0.4, 0.5) is 4.79 Å². The van der Waals surface area contributed by atoms with Gasteiger partial charge in [-0.2, -0.15) is 0 Å². The van der Waals surface area contributed by atoms with Crippen molar-refractivity contribution < 1.29 is 73.3 Å². The molecule has 19 nitrogen and oxygen atoms in total. The van der Waals surface area contributed by atoms with Crippen LogP contribution in [0.3, 0.4) is 0 Å². The highest BCUT2D eigenvalue weighted by molar-refractivity contribution is 5.60. The number of aliphatic hydroxyl groups is 6. The first kappa shape index (κ1) is 54.3. The minimum absolute atomic E-state index is 0.0110. The lowest BCUT2D eigenvalue weighted by atomic mass is 9.94. The smallest absolute Gasteiger partial charge is 0.491 e. The molecule has 0 saturated carbocycles. The van der Waals surface area contributed by atoms with Gasteiger partial charge in [0.2, 0.25) is 24.3 Å². The van der Waals surface area contributed by atoms with E-state index in [9.17, 15) is 35.4 Å². The fourth-order valence-electron chi connectivity index (χ4n) is 8.80. The number of rotatable bonds is 20. The lowest BCUT2D eigenvalue weighted by Crippen LogP contribution is -2.63. The highest BCUT2D eigenvalue weighted by atomic mass is 16.8. The number of benzene rings is 2. The number of aliphatic hydroxyl groups excluding tert-OH is 6. The van der Waals surface area contributed by atoms with Crippen LogP contribution in [0.1, 0.15) is 128 Å². The van der Waals surface area contributed by atoms with Gasteiger partial charge in [0, 0.05) is 47.4 Å². The van der Waals surface area contributed by atoms with Crippen LogP contribution in [-0.4, -0.2) is 142 Å². The van der Waals surface area contributed by atoms with Crippen molar-refractivity contribution in [2.45, 2.75) is 207 Å². The monoisotopic (exact) mass is 983 g/mol. The first-order valence-corrected chi connectivity index (χ1v) is 24.4. The highest BCUT2D eigenvalue weighted by Crippen LogP contribution is 2.35. The largest absolute Gasteiger partial charge is 0.509 e. The van der Waals surface area contributed by atoms with Crippen LogP contribution in [0.15, 0.2) is 48.5 Å². The zero-order valence-electron chi connectivity index (χ0n) is 42.3. The van der Waals surface area contributed by atoms with Crippen LogP contribution < -0.4 is 18.9 Å². The molecule has 2 fully saturated rings. The van der Waals surface area contributed by atoms with Gasteiger partial charge in [-0.3, -0.25) is 9.36 Å². The van der Waals surface area contributed by atoms with E-state index >= 15 is 0 Å². The molecule has 0 bridgehead atoms. The fourth-order valence-corrected chi connectivity index (χ4v) is 8.80. The molecule has 4 aromatic rings. The molecule has 6 rings (SSSR count). The number of hydrogen-bond donors (Lipinski definition) is 6. The number of nitrogens with zero attached hydrogens (tertiary/aromatic N) is 4. The second kappa shape index (κ2) is 23.5. The van der Waals surface area contributed by atoms with Gasteiger partial charge in [0.05, 0.1) is 12.2 Å². The zero-order valence-corrected chi connectivity index (χ0v) is 42.3. The van der Waals surface area contributed by atoms with Crippen molar-refractivity contribution in [2.75, 3.05) is 0 Å². The van der Waals surface area contributed by atoms with Gasteiger partial charge in [-0.15, -0.1) is 10.2 Å². The predicted molar refractivity (Wildman–Crippen MR) is 255 cm³/mol. The molecular weight excluding hydrogens is 909 g/mol. The Morgan fingerprint density at radius 1 is 0.557 bits per heavy atom. The lowest BCUT2D eigenvalue weighted by Gasteiger charge is -2.43. The maximum Gasteiger partial charge on any atom is 0.509 e. The Morgan fingerprint density at radius 2 is 0.900 bits per heavy atom. The molecule has 0 radical (unpaired) electrons. The quantitative estimate of drug-likeness (QED) is 0.0607. The van der Waals surface area contributed by atoms with Crippen molar-refractivity contribution in [3.8, 4) is 23.3 Å². The summed E-state index contributed by atoms with van der Waals surface area (Å²) in [4.78, 5) is 13.7. The Labute approximate surface area is 410 Å². The summed E-state index contributed by atoms with van der Waals surface area (Å²) >= 11 is 0. The topological polar surface area (TPSA) is 248 Å². The summed E-state index contributed by atoms with van der Waals surface area (Å²) in [5.74, 6) is 1.73. The van der Waals surface area contributed by atoms with E-state index in [0.29, 0.717) is 24.0 Å². The fraction of sp³-hybridized carbons (Fsp3) is 0.627. The van der Waals surface area contributed by atoms with E-state index in [1.54, 1.807) is 23.2 Å². The molecule has 70 heavy (non-hydrogen) atoms. The number of carbonyl (C=O) groups excluding carboxylic acids is 1. The molecule has 6 N–H and O–H groups in total. The lowest BCUT2D eigenvalue weighted by molar-refractivity contribution is -0.294. The third kappa shape index (κ3) is 12.5. The molecule has 388 valence electrons. The number of hydrogen-bond acceptors (Lipinski definition) is 17. The molecule has 2 aromatic carbocycles. The number of ether oxygens (including phenoxy) is 8. The normalized spacial score (nSPS) is 25.9. The van der Waals surface area contributed by atoms with Crippen LogP contribution in [0.2, 0.25) is 0 Å². The molecule has 0 amide bonds. The van der Waals surface area contributed by atoms with Crippen LogP contribution >= 0.6 is 0 Å².